The van der Waals surface area contributed by atoms with E-state index in [1.807, 2.05) is 12.1 Å². The number of phenolic OH excluding ortho intramolecular Hbond substituents is 1. The molecule has 37 heavy (non-hydrogen) atoms. The van der Waals surface area contributed by atoms with E-state index in [1.165, 1.54) is 12.1 Å². The number of rotatable bonds is 3. The zero-order chi connectivity index (χ0) is 25.5. The van der Waals surface area contributed by atoms with Gasteiger partial charge in [-0.15, -0.1) is 10.2 Å². The lowest BCUT2D eigenvalue weighted by molar-refractivity contribution is -0.00897. The molecule has 0 aliphatic carbocycles. The number of anilines is 1. The third-order valence-corrected chi connectivity index (χ3v) is 7.05. The number of morpholine rings is 1. The molecule has 2 unspecified atom stereocenters. The van der Waals surface area contributed by atoms with Crippen molar-refractivity contribution in [3.8, 4) is 34.2 Å². The first-order valence-electron chi connectivity index (χ1n) is 12.1. The van der Waals surface area contributed by atoms with Crippen molar-refractivity contribution in [3.63, 3.8) is 0 Å². The minimum absolute atomic E-state index is 0.0395. The van der Waals surface area contributed by atoms with E-state index >= 15 is 0 Å². The number of ether oxygens (including phenoxy) is 1. The van der Waals surface area contributed by atoms with Crippen LogP contribution < -0.4 is 10.2 Å². The van der Waals surface area contributed by atoms with Crippen molar-refractivity contribution < 1.29 is 18.6 Å². The van der Waals surface area contributed by atoms with E-state index in [-0.39, 0.29) is 29.0 Å². The average Bonchev–Trinajstić information content (AvgIpc) is 2.91. The minimum Gasteiger partial charge on any atom is -0.506 e. The number of benzene rings is 3. The first-order valence-corrected chi connectivity index (χ1v) is 12.1. The summed E-state index contributed by atoms with van der Waals surface area (Å²) in [5.41, 5.74) is 3.29. The van der Waals surface area contributed by atoms with Crippen molar-refractivity contribution >= 4 is 16.6 Å². The summed E-state index contributed by atoms with van der Waals surface area (Å²) < 4.78 is 34.5. The number of nitriles is 1. The lowest BCUT2D eigenvalue weighted by Crippen LogP contribution is -2.57. The average molecular weight is 500 g/mol. The van der Waals surface area contributed by atoms with E-state index in [4.69, 9.17) is 4.74 Å². The molecule has 0 amide bonds. The van der Waals surface area contributed by atoms with Crippen LogP contribution in [0.1, 0.15) is 12.0 Å². The summed E-state index contributed by atoms with van der Waals surface area (Å²) in [6.07, 6.45) is 0.790. The first-order chi connectivity index (χ1) is 18.0. The predicted octanol–water partition coefficient (Wildman–Crippen LogP) is 4.39. The van der Waals surface area contributed by atoms with Crippen LogP contribution in [0.2, 0.25) is 0 Å². The molecule has 3 heterocycles. The van der Waals surface area contributed by atoms with Crippen LogP contribution in [-0.4, -0.2) is 53.7 Å². The summed E-state index contributed by atoms with van der Waals surface area (Å²) in [5, 5.41) is 33.1. The fourth-order valence-electron chi connectivity index (χ4n) is 5.31. The second-order valence-corrected chi connectivity index (χ2v) is 9.31. The van der Waals surface area contributed by atoms with Gasteiger partial charge in [-0.1, -0.05) is 18.2 Å². The van der Waals surface area contributed by atoms with Crippen molar-refractivity contribution in [3.05, 3.63) is 71.8 Å². The van der Waals surface area contributed by atoms with Crippen molar-refractivity contribution in [1.82, 2.24) is 15.5 Å². The molecule has 186 valence electrons. The second kappa shape index (κ2) is 9.39. The summed E-state index contributed by atoms with van der Waals surface area (Å²) in [5.74, 6) is -1.51. The largest absolute Gasteiger partial charge is 0.506 e. The summed E-state index contributed by atoms with van der Waals surface area (Å²) in [4.78, 5) is 2.14. The van der Waals surface area contributed by atoms with Gasteiger partial charge in [0.05, 0.1) is 29.5 Å². The normalized spacial score (nSPS) is 19.4. The molecule has 7 nitrogen and oxygen atoms in total. The molecule has 2 fully saturated rings. The quantitative estimate of drug-likeness (QED) is 0.432. The van der Waals surface area contributed by atoms with Gasteiger partial charge in [-0.3, -0.25) is 0 Å². The number of aromatic nitrogens is 2. The SMILES string of the molecule is N#Cc1cccc(-c2ccc3nnc(-c4cc(F)cc(F)c4)c(N4CCC5NCCOC5C4)c3c2)c1O. The van der Waals surface area contributed by atoms with E-state index in [0.29, 0.717) is 47.7 Å². The molecule has 0 radical (unpaired) electrons. The molecule has 6 rings (SSSR count). The number of fused-ring (bicyclic) bond motifs is 2. The van der Waals surface area contributed by atoms with Crippen LogP contribution in [-0.2, 0) is 4.74 Å². The highest BCUT2D eigenvalue weighted by atomic mass is 19.1. The Kier molecular flexibility index (Phi) is 5.91. The van der Waals surface area contributed by atoms with E-state index < -0.39 is 11.6 Å². The minimum atomic E-state index is -0.701. The van der Waals surface area contributed by atoms with Crippen LogP contribution in [0.15, 0.2) is 54.6 Å². The summed E-state index contributed by atoms with van der Waals surface area (Å²) >= 11 is 0. The van der Waals surface area contributed by atoms with Gasteiger partial charge in [-0.2, -0.15) is 5.26 Å². The van der Waals surface area contributed by atoms with Crippen molar-refractivity contribution in [2.45, 2.75) is 18.6 Å². The number of halogens is 2. The first kappa shape index (κ1) is 23.3. The van der Waals surface area contributed by atoms with Gasteiger partial charge in [0.2, 0.25) is 0 Å². The Balaban J connectivity index is 1.56. The number of aromatic hydroxyl groups is 1. The van der Waals surface area contributed by atoms with Gasteiger partial charge in [-0.05, 0) is 42.3 Å². The fourth-order valence-corrected chi connectivity index (χ4v) is 5.31. The molecule has 0 spiro atoms. The standard InChI is InChI=1S/C28H23F2N5O2/c29-19-10-18(11-20(30)13-19)26-27(35-8-6-24-25(15-35)37-9-7-32-24)22-12-16(4-5-23(22)33-34-26)21-3-1-2-17(14-31)28(21)36/h1-5,10-13,24-25,32,36H,6-9,15H2. The second-order valence-electron chi connectivity index (χ2n) is 9.31. The zero-order valence-electron chi connectivity index (χ0n) is 19.8. The number of piperidine rings is 1. The molecule has 2 saturated heterocycles. The Morgan fingerprint density at radius 2 is 1.89 bits per heavy atom. The Morgan fingerprint density at radius 3 is 2.70 bits per heavy atom. The predicted molar refractivity (Wildman–Crippen MR) is 135 cm³/mol. The highest BCUT2D eigenvalue weighted by Crippen LogP contribution is 2.40. The molecule has 2 aliphatic heterocycles. The summed E-state index contributed by atoms with van der Waals surface area (Å²) in [7, 11) is 0. The molecule has 4 aromatic rings. The van der Waals surface area contributed by atoms with Crippen molar-refractivity contribution in [2.24, 2.45) is 0 Å². The number of phenols is 1. The lowest BCUT2D eigenvalue weighted by Gasteiger charge is -2.43. The Morgan fingerprint density at radius 1 is 1.05 bits per heavy atom. The van der Waals surface area contributed by atoms with Crippen LogP contribution >= 0.6 is 0 Å². The van der Waals surface area contributed by atoms with Gasteiger partial charge in [0.25, 0.3) is 0 Å². The van der Waals surface area contributed by atoms with Gasteiger partial charge >= 0.3 is 0 Å². The molecule has 9 heteroatoms. The summed E-state index contributed by atoms with van der Waals surface area (Å²) in [6.45, 7) is 2.68. The third kappa shape index (κ3) is 4.24. The Bertz CT molecular complexity index is 1530. The van der Waals surface area contributed by atoms with Gasteiger partial charge in [0, 0.05) is 48.3 Å². The van der Waals surface area contributed by atoms with Crippen molar-refractivity contribution in [1.29, 1.82) is 5.26 Å². The molecule has 1 aromatic heterocycles. The molecule has 0 saturated carbocycles. The molecular weight excluding hydrogens is 476 g/mol. The highest BCUT2D eigenvalue weighted by Gasteiger charge is 2.34. The number of hydrogen-bond acceptors (Lipinski definition) is 7. The molecule has 0 bridgehead atoms. The van der Waals surface area contributed by atoms with Gasteiger partial charge in [0.1, 0.15) is 29.1 Å². The van der Waals surface area contributed by atoms with Crippen LogP contribution in [0.5, 0.6) is 5.75 Å². The van der Waals surface area contributed by atoms with E-state index in [2.05, 4.69) is 20.4 Å². The van der Waals surface area contributed by atoms with Crippen LogP contribution in [0.3, 0.4) is 0 Å². The maximum atomic E-state index is 14.2. The molecule has 3 aromatic carbocycles. The number of para-hydroxylation sites is 1. The lowest BCUT2D eigenvalue weighted by atomic mass is 9.96. The van der Waals surface area contributed by atoms with Crippen LogP contribution in [0.4, 0.5) is 14.5 Å². The molecule has 2 atom stereocenters. The van der Waals surface area contributed by atoms with Gasteiger partial charge < -0.3 is 20.1 Å². The van der Waals surface area contributed by atoms with E-state index in [0.717, 1.165) is 24.4 Å². The smallest absolute Gasteiger partial charge is 0.141 e. The third-order valence-electron chi connectivity index (χ3n) is 7.05. The van der Waals surface area contributed by atoms with Crippen LogP contribution in [0.25, 0.3) is 33.3 Å². The topological polar surface area (TPSA) is 94.3 Å². The van der Waals surface area contributed by atoms with Crippen molar-refractivity contribution in [2.75, 3.05) is 31.1 Å². The molecular formula is C28H23F2N5O2. The van der Waals surface area contributed by atoms with E-state index in [9.17, 15) is 19.1 Å². The highest BCUT2D eigenvalue weighted by molar-refractivity contribution is 6.00. The number of hydrogen-bond donors (Lipinski definition) is 2. The monoisotopic (exact) mass is 499 g/mol. The number of nitrogens with one attached hydrogen (secondary N) is 1. The Hall–Kier alpha value is -4.13. The molecule has 2 aliphatic rings. The zero-order valence-corrected chi connectivity index (χ0v) is 19.8. The van der Waals surface area contributed by atoms with E-state index in [1.54, 1.807) is 30.3 Å². The maximum Gasteiger partial charge on any atom is 0.141 e. The van der Waals surface area contributed by atoms with Gasteiger partial charge in [-0.25, -0.2) is 8.78 Å². The number of nitrogens with zero attached hydrogens (tertiary/aromatic N) is 4. The van der Waals surface area contributed by atoms with Gasteiger partial charge in [0.15, 0.2) is 0 Å². The summed E-state index contributed by atoms with van der Waals surface area (Å²) in [6, 6.07) is 16.0. The molecule has 2 N–H and O–H groups in total. The fraction of sp³-hybridized carbons (Fsp3) is 0.250. The maximum absolute atomic E-state index is 14.2. The Labute approximate surface area is 211 Å². The van der Waals surface area contributed by atoms with Crippen LogP contribution in [0, 0.1) is 23.0 Å².